The maximum absolute atomic E-state index is 2.57. The van der Waals surface area contributed by atoms with Crippen LogP contribution in [0.1, 0.15) is 94.7 Å². The molecule has 11 rings (SSSR count). The molecule has 0 aromatic heterocycles. The summed E-state index contributed by atoms with van der Waals surface area (Å²) in [5.74, 6) is 0.818. The van der Waals surface area contributed by atoms with Crippen LogP contribution in [0, 0.1) is 0 Å². The Labute approximate surface area is 380 Å². The minimum Gasteiger partial charge on any atom is -0.0836 e. The average molecular weight is 825 g/mol. The van der Waals surface area contributed by atoms with Gasteiger partial charge in [-0.3, -0.25) is 0 Å². The molecule has 64 heavy (non-hydrogen) atoms. The molecule has 0 bridgehead atoms. The van der Waals surface area contributed by atoms with Gasteiger partial charge in [0.05, 0.1) is 0 Å². The third-order valence-electron chi connectivity index (χ3n) is 14.2. The predicted octanol–water partition coefficient (Wildman–Crippen LogP) is 18.4. The second kappa shape index (κ2) is 16.7. The Morgan fingerprint density at radius 1 is 0.391 bits per heavy atom. The van der Waals surface area contributed by atoms with Crippen molar-refractivity contribution in [2.45, 2.75) is 78.1 Å². The molecule has 0 heteroatoms. The molecule has 0 saturated carbocycles. The zero-order chi connectivity index (χ0) is 43.3. The third-order valence-corrected chi connectivity index (χ3v) is 14.2. The first-order valence-electron chi connectivity index (χ1n) is 23.7. The zero-order valence-corrected chi connectivity index (χ0v) is 37.7. The van der Waals surface area contributed by atoms with E-state index in [1.165, 1.54) is 122 Å². The zero-order valence-electron chi connectivity index (χ0n) is 37.7. The van der Waals surface area contributed by atoms with Gasteiger partial charge in [-0.15, -0.1) is 0 Å². The molecule has 0 fully saturated rings. The van der Waals surface area contributed by atoms with E-state index < -0.39 is 0 Å². The fourth-order valence-electron chi connectivity index (χ4n) is 10.7. The number of allylic oxidation sites excluding steroid dienone is 12. The van der Waals surface area contributed by atoms with Crippen LogP contribution in [0.25, 0.3) is 83.1 Å². The van der Waals surface area contributed by atoms with Crippen molar-refractivity contribution in [3.8, 4) is 66.8 Å². The SMILES string of the molecule is CC(C)c1cc2c3c(cc(C(C)C)cc3c1)-c1c-2c(C2=CC=C(C3=CC(C4=CCCC=C4)=CCC3)CC2)cc(-c2ccccc2)c1-c1ccc(-c2cccc(-c3ccccc3)c2)cc1. The Balaban J connectivity index is 1.12. The van der Waals surface area contributed by atoms with Crippen molar-refractivity contribution in [1.82, 2.24) is 0 Å². The van der Waals surface area contributed by atoms with Crippen molar-refractivity contribution >= 4 is 16.3 Å². The molecule has 0 heterocycles. The van der Waals surface area contributed by atoms with Crippen LogP contribution in [0.15, 0.2) is 204 Å². The first-order valence-corrected chi connectivity index (χ1v) is 23.7. The van der Waals surface area contributed by atoms with Crippen molar-refractivity contribution in [2.75, 3.05) is 0 Å². The minimum absolute atomic E-state index is 0.404. The van der Waals surface area contributed by atoms with Gasteiger partial charge in [0.1, 0.15) is 0 Å². The first-order chi connectivity index (χ1) is 31.4. The van der Waals surface area contributed by atoms with Crippen LogP contribution in [-0.4, -0.2) is 0 Å². The van der Waals surface area contributed by atoms with E-state index in [0.29, 0.717) is 11.8 Å². The Hall–Kier alpha value is -6.76. The van der Waals surface area contributed by atoms with E-state index in [1.54, 1.807) is 0 Å². The summed E-state index contributed by atoms with van der Waals surface area (Å²) in [6, 6.07) is 52.9. The van der Waals surface area contributed by atoms with Gasteiger partial charge in [-0.05, 0) is 185 Å². The molecular formula is C64H56. The molecule has 0 saturated heterocycles. The number of rotatable bonds is 9. The van der Waals surface area contributed by atoms with Gasteiger partial charge in [0.15, 0.2) is 0 Å². The van der Waals surface area contributed by atoms with Crippen molar-refractivity contribution in [3.63, 3.8) is 0 Å². The van der Waals surface area contributed by atoms with Gasteiger partial charge in [-0.2, -0.15) is 0 Å². The molecule has 7 aromatic rings. The van der Waals surface area contributed by atoms with E-state index in [9.17, 15) is 0 Å². The Morgan fingerprint density at radius 2 is 0.984 bits per heavy atom. The van der Waals surface area contributed by atoms with Crippen LogP contribution in [0.3, 0.4) is 0 Å². The van der Waals surface area contributed by atoms with Gasteiger partial charge < -0.3 is 0 Å². The lowest BCUT2D eigenvalue weighted by Gasteiger charge is -2.25. The van der Waals surface area contributed by atoms with E-state index in [2.05, 4.69) is 210 Å². The molecule has 4 aliphatic rings. The first kappa shape index (κ1) is 40.0. The van der Waals surface area contributed by atoms with Crippen molar-refractivity contribution < 1.29 is 0 Å². The lowest BCUT2D eigenvalue weighted by molar-refractivity contribution is 0.865. The van der Waals surface area contributed by atoms with E-state index in [-0.39, 0.29) is 0 Å². The van der Waals surface area contributed by atoms with Crippen molar-refractivity contribution in [2.24, 2.45) is 0 Å². The van der Waals surface area contributed by atoms with Crippen LogP contribution in [-0.2, 0) is 0 Å². The Morgan fingerprint density at radius 3 is 1.62 bits per heavy atom. The molecular weight excluding hydrogens is 769 g/mol. The monoisotopic (exact) mass is 824 g/mol. The second-order valence-corrected chi connectivity index (χ2v) is 18.9. The number of fused-ring (bicyclic) bond motifs is 3. The third kappa shape index (κ3) is 7.30. The van der Waals surface area contributed by atoms with Crippen LogP contribution in [0.4, 0.5) is 0 Å². The molecule has 0 radical (unpaired) electrons. The lowest BCUT2D eigenvalue weighted by Crippen LogP contribution is -2.03. The minimum atomic E-state index is 0.404. The summed E-state index contributed by atoms with van der Waals surface area (Å²) in [6.45, 7) is 9.37. The normalized spacial score (nSPS) is 15.5. The molecule has 0 N–H and O–H groups in total. The highest BCUT2D eigenvalue weighted by molar-refractivity contribution is 6.22. The summed E-state index contributed by atoms with van der Waals surface area (Å²) >= 11 is 0. The molecule has 4 aliphatic carbocycles. The number of benzene rings is 7. The van der Waals surface area contributed by atoms with E-state index in [0.717, 1.165) is 38.5 Å². The van der Waals surface area contributed by atoms with Gasteiger partial charge in [-0.1, -0.05) is 198 Å². The quantitative estimate of drug-likeness (QED) is 0.136. The van der Waals surface area contributed by atoms with E-state index >= 15 is 0 Å². The highest BCUT2D eigenvalue weighted by Gasteiger charge is 2.32. The maximum Gasteiger partial charge on any atom is -0.000765 e. The smallest absolute Gasteiger partial charge is 0.000765 e. The number of hydrogen-bond acceptors (Lipinski definition) is 0. The summed E-state index contributed by atoms with van der Waals surface area (Å²) < 4.78 is 0. The Bertz CT molecular complexity index is 3150. The summed E-state index contributed by atoms with van der Waals surface area (Å²) in [4.78, 5) is 0. The largest absolute Gasteiger partial charge is 0.0836 e. The second-order valence-electron chi connectivity index (χ2n) is 18.9. The lowest BCUT2D eigenvalue weighted by atomic mass is 9.79. The molecule has 0 aliphatic heterocycles. The molecule has 7 aromatic carbocycles. The summed E-state index contributed by atoms with van der Waals surface area (Å²) in [7, 11) is 0. The molecule has 0 unspecified atom stereocenters. The maximum atomic E-state index is 2.57. The van der Waals surface area contributed by atoms with E-state index in [1.807, 2.05) is 0 Å². The predicted molar refractivity (Wildman–Crippen MR) is 275 cm³/mol. The van der Waals surface area contributed by atoms with Crippen LogP contribution in [0.2, 0.25) is 0 Å². The molecule has 0 amide bonds. The summed E-state index contributed by atoms with van der Waals surface area (Å²) in [5.41, 5.74) is 27.0. The summed E-state index contributed by atoms with van der Waals surface area (Å²) in [6.07, 6.45) is 23.5. The fraction of sp³-hybridized carbons (Fsp3) is 0.188. The summed E-state index contributed by atoms with van der Waals surface area (Å²) in [5, 5.41) is 2.76. The van der Waals surface area contributed by atoms with Crippen molar-refractivity contribution in [1.29, 1.82) is 0 Å². The van der Waals surface area contributed by atoms with Gasteiger partial charge in [-0.25, -0.2) is 0 Å². The molecule has 0 nitrogen and oxygen atoms in total. The van der Waals surface area contributed by atoms with Gasteiger partial charge in [0, 0.05) is 0 Å². The molecule has 0 atom stereocenters. The average Bonchev–Trinajstić information content (AvgIpc) is 3.69. The van der Waals surface area contributed by atoms with Crippen LogP contribution in [0.5, 0.6) is 0 Å². The van der Waals surface area contributed by atoms with Gasteiger partial charge in [0.2, 0.25) is 0 Å². The van der Waals surface area contributed by atoms with Crippen LogP contribution < -0.4 is 0 Å². The van der Waals surface area contributed by atoms with Gasteiger partial charge >= 0.3 is 0 Å². The van der Waals surface area contributed by atoms with Crippen molar-refractivity contribution in [3.05, 3.63) is 221 Å². The highest BCUT2D eigenvalue weighted by atomic mass is 14.4. The van der Waals surface area contributed by atoms with Crippen LogP contribution >= 0.6 is 0 Å². The standard InChI is InChI=1S/C64H56/c1-41(2)54-36-56-37-55(42(3)4)39-60-61(56)59(38-54)63-58(48-30-26-45(27-31-48)52-24-14-22-50(34-52)43-16-8-5-9-17-43)40-57(47-20-12-7-13-21-47)62(64(60)63)49-32-28-46(29-33-49)53-25-15-23-51(35-53)44-18-10-6-11-19-44/h6-8,10-13,15-23,25-26,28-30,32-42H,5,9,14,24,27,31H2,1-4H3. The molecule has 0 spiro atoms. The Kier molecular flexibility index (Phi) is 10.5. The fourth-order valence-corrected chi connectivity index (χ4v) is 10.7. The van der Waals surface area contributed by atoms with E-state index in [4.69, 9.17) is 0 Å². The molecule has 312 valence electrons. The topological polar surface area (TPSA) is 0 Å². The highest BCUT2D eigenvalue weighted by Crippen LogP contribution is 2.58. The number of hydrogen-bond donors (Lipinski definition) is 0. The van der Waals surface area contributed by atoms with Gasteiger partial charge in [0.25, 0.3) is 0 Å².